The Kier molecular flexibility index (Phi) is 4.81. The van der Waals surface area contributed by atoms with Crippen LogP contribution in [-0.4, -0.2) is 56.9 Å². The van der Waals surface area contributed by atoms with Crippen LogP contribution in [0.1, 0.15) is 25.7 Å². The summed E-state index contributed by atoms with van der Waals surface area (Å²) >= 11 is 0. The van der Waals surface area contributed by atoms with Crippen LogP contribution < -0.4 is 5.73 Å². The first-order chi connectivity index (χ1) is 9.06. The van der Waals surface area contributed by atoms with Crippen molar-refractivity contribution in [1.82, 2.24) is 4.90 Å². The molecule has 0 amide bonds. The number of rotatable bonds is 6. The molecule has 2 rings (SSSR count). The summed E-state index contributed by atoms with van der Waals surface area (Å²) in [6.45, 7) is 3.27. The molecule has 19 heavy (non-hydrogen) atoms. The molecular formula is C14H26N2O3. The molecule has 0 aromatic carbocycles. The van der Waals surface area contributed by atoms with E-state index < -0.39 is 5.54 Å². The van der Waals surface area contributed by atoms with Crippen LogP contribution in [0.4, 0.5) is 0 Å². The summed E-state index contributed by atoms with van der Waals surface area (Å²) in [5.74, 6) is 0.672. The molecule has 1 aliphatic heterocycles. The van der Waals surface area contributed by atoms with Gasteiger partial charge in [0.1, 0.15) is 5.54 Å². The molecule has 0 aromatic heterocycles. The van der Waals surface area contributed by atoms with Crippen molar-refractivity contribution in [2.24, 2.45) is 17.6 Å². The maximum Gasteiger partial charge on any atom is 0.327 e. The van der Waals surface area contributed by atoms with Gasteiger partial charge in [-0.3, -0.25) is 4.79 Å². The maximum atomic E-state index is 11.9. The van der Waals surface area contributed by atoms with Gasteiger partial charge in [0.25, 0.3) is 0 Å². The van der Waals surface area contributed by atoms with Gasteiger partial charge in [0, 0.05) is 26.3 Å². The standard InChI is InChI=1S/C14H26N2O3/c1-16(9-11-5-7-19-8-6-11)10-14(15,12-3-4-12)13(17)18-2/h11-12H,3-10,15H2,1-2H3. The van der Waals surface area contributed by atoms with Crippen LogP contribution in [0.3, 0.4) is 0 Å². The van der Waals surface area contributed by atoms with Crippen molar-refractivity contribution in [1.29, 1.82) is 0 Å². The fraction of sp³-hybridized carbons (Fsp3) is 0.929. The van der Waals surface area contributed by atoms with Crippen LogP contribution in [0.25, 0.3) is 0 Å². The Labute approximate surface area is 115 Å². The van der Waals surface area contributed by atoms with Gasteiger partial charge in [-0.1, -0.05) is 0 Å². The molecule has 2 aliphatic rings. The van der Waals surface area contributed by atoms with E-state index in [4.69, 9.17) is 15.2 Å². The molecule has 5 nitrogen and oxygen atoms in total. The highest BCUT2D eigenvalue weighted by Gasteiger charge is 2.49. The molecule has 1 saturated carbocycles. The van der Waals surface area contributed by atoms with E-state index in [9.17, 15) is 4.79 Å². The highest BCUT2D eigenvalue weighted by atomic mass is 16.5. The molecule has 2 N–H and O–H groups in total. The van der Waals surface area contributed by atoms with Crippen LogP contribution in [0.5, 0.6) is 0 Å². The maximum absolute atomic E-state index is 11.9. The third-order valence-electron chi connectivity index (χ3n) is 4.31. The second-order valence-corrected chi connectivity index (χ2v) is 6.06. The first-order valence-electron chi connectivity index (χ1n) is 7.20. The number of likely N-dealkylation sites (N-methyl/N-ethyl adjacent to an activating group) is 1. The largest absolute Gasteiger partial charge is 0.468 e. The lowest BCUT2D eigenvalue weighted by atomic mass is 9.92. The Balaban J connectivity index is 1.87. The number of hydrogen-bond acceptors (Lipinski definition) is 5. The summed E-state index contributed by atoms with van der Waals surface area (Å²) in [5.41, 5.74) is 5.50. The van der Waals surface area contributed by atoms with Crippen molar-refractivity contribution in [2.75, 3.05) is 40.5 Å². The monoisotopic (exact) mass is 270 g/mol. The minimum absolute atomic E-state index is 0.270. The number of nitrogens with zero attached hydrogens (tertiary/aromatic N) is 1. The minimum Gasteiger partial charge on any atom is -0.468 e. The topological polar surface area (TPSA) is 64.8 Å². The fourth-order valence-electron chi connectivity index (χ4n) is 3.03. The van der Waals surface area contributed by atoms with Gasteiger partial charge in [-0.2, -0.15) is 0 Å². The summed E-state index contributed by atoms with van der Waals surface area (Å²) in [6, 6.07) is 0. The normalized spacial score (nSPS) is 24.2. The van der Waals surface area contributed by atoms with Crippen LogP contribution >= 0.6 is 0 Å². The SMILES string of the molecule is COC(=O)C(N)(CN(C)CC1CCOCC1)C1CC1. The molecule has 1 unspecified atom stereocenters. The van der Waals surface area contributed by atoms with Gasteiger partial charge in [-0.05, 0) is 44.6 Å². The van der Waals surface area contributed by atoms with Gasteiger partial charge in [-0.15, -0.1) is 0 Å². The molecule has 0 radical (unpaired) electrons. The van der Waals surface area contributed by atoms with E-state index in [-0.39, 0.29) is 11.9 Å². The highest BCUT2D eigenvalue weighted by molar-refractivity contribution is 5.81. The summed E-state index contributed by atoms with van der Waals surface area (Å²) < 4.78 is 10.3. The van der Waals surface area contributed by atoms with E-state index in [1.165, 1.54) is 7.11 Å². The number of hydrogen-bond donors (Lipinski definition) is 1. The number of esters is 1. The second-order valence-electron chi connectivity index (χ2n) is 6.06. The lowest BCUT2D eigenvalue weighted by Crippen LogP contribution is -2.58. The Hall–Kier alpha value is -0.650. The Morgan fingerprint density at radius 3 is 2.53 bits per heavy atom. The number of carbonyl (C=O) groups excluding carboxylic acids is 1. The predicted octanol–water partition coefficient (Wildman–Crippen LogP) is 0.625. The molecule has 110 valence electrons. The molecule has 0 spiro atoms. The summed E-state index contributed by atoms with van der Waals surface area (Å²) in [5, 5.41) is 0. The van der Waals surface area contributed by atoms with Crippen LogP contribution in [0, 0.1) is 11.8 Å². The number of methoxy groups -OCH3 is 1. The van der Waals surface area contributed by atoms with Gasteiger partial charge in [0.15, 0.2) is 0 Å². The minimum atomic E-state index is -0.825. The van der Waals surface area contributed by atoms with Crippen molar-refractivity contribution in [2.45, 2.75) is 31.2 Å². The van der Waals surface area contributed by atoms with Gasteiger partial charge in [0.2, 0.25) is 0 Å². The molecule has 1 atom stereocenters. The first-order valence-corrected chi connectivity index (χ1v) is 7.20. The molecule has 1 saturated heterocycles. The quantitative estimate of drug-likeness (QED) is 0.717. The molecule has 0 bridgehead atoms. The smallest absolute Gasteiger partial charge is 0.327 e. The molecule has 1 aliphatic carbocycles. The van der Waals surface area contributed by atoms with E-state index in [1.54, 1.807) is 0 Å². The summed E-state index contributed by atoms with van der Waals surface area (Å²) in [4.78, 5) is 14.1. The van der Waals surface area contributed by atoms with Gasteiger partial charge in [-0.25, -0.2) is 0 Å². The molecule has 0 aromatic rings. The lowest BCUT2D eigenvalue weighted by Gasteiger charge is -2.34. The zero-order valence-corrected chi connectivity index (χ0v) is 12.1. The van der Waals surface area contributed by atoms with Crippen molar-refractivity contribution in [3.05, 3.63) is 0 Å². The number of ether oxygens (including phenoxy) is 2. The third-order valence-corrected chi connectivity index (χ3v) is 4.31. The lowest BCUT2D eigenvalue weighted by molar-refractivity contribution is -0.148. The molecule has 5 heteroatoms. The second kappa shape index (κ2) is 6.20. The number of carbonyl (C=O) groups is 1. The first kappa shape index (κ1) is 14.8. The van der Waals surface area contributed by atoms with E-state index in [0.29, 0.717) is 12.5 Å². The fourth-order valence-corrected chi connectivity index (χ4v) is 3.03. The molecule has 2 fully saturated rings. The zero-order valence-electron chi connectivity index (χ0n) is 12.1. The van der Waals surface area contributed by atoms with Gasteiger partial charge in [0.05, 0.1) is 7.11 Å². The van der Waals surface area contributed by atoms with Crippen molar-refractivity contribution in [3.8, 4) is 0 Å². The summed E-state index contributed by atoms with van der Waals surface area (Å²) in [6.07, 6.45) is 4.28. The van der Waals surface area contributed by atoms with E-state index in [0.717, 1.165) is 45.4 Å². The average Bonchev–Trinajstić information content (AvgIpc) is 3.23. The van der Waals surface area contributed by atoms with E-state index in [1.807, 2.05) is 7.05 Å². The van der Waals surface area contributed by atoms with Crippen LogP contribution in [0.2, 0.25) is 0 Å². The van der Waals surface area contributed by atoms with Crippen molar-refractivity contribution in [3.63, 3.8) is 0 Å². The van der Waals surface area contributed by atoms with Crippen molar-refractivity contribution < 1.29 is 14.3 Å². The Bertz CT molecular complexity index is 314. The van der Waals surface area contributed by atoms with Crippen molar-refractivity contribution >= 4 is 5.97 Å². The van der Waals surface area contributed by atoms with E-state index >= 15 is 0 Å². The van der Waals surface area contributed by atoms with Crippen LogP contribution in [-0.2, 0) is 14.3 Å². The Morgan fingerprint density at radius 1 is 1.37 bits per heavy atom. The molecular weight excluding hydrogens is 244 g/mol. The van der Waals surface area contributed by atoms with Crippen LogP contribution in [0.15, 0.2) is 0 Å². The Morgan fingerprint density at radius 2 is 2.00 bits per heavy atom. The third kappa shape index (κ3) is 3.68. The van der Waals surface area contributed by atoms with Gasteiger partial charge >= 0.3 is 5.97 Å². The van der Waals surface area contributed by atoms with Gasteiger partial charge < -0.3 is 20.1 Å². The van der Waals surface area contributed by atoms with E-state index in [2.05, 4.69) is 4.90 Å². The number of nitrogens with two attached hydrogens (primary N) is 1. The zero-order chi connectivity index (χ0) is 13.9. The summed E-state index contributed by atoms with van der Waals surface area (Å²) in [7, 11) is 3.47. The average molecular weight is 270 g/mol. The molecule has 1 heterocycles. The predicted molar refractivity (Wildman–Crippen MR) is 72.7 cm³/mol. The highest BCUT2D eigenvalue weighted by Crippen LogP contribution is 2.39.